The molecule has 1 saturated heterocycles. The van der Waals surface area contributed by atoms with Crippen LogP contribution in [0, 0.1) is 0 Å². The molecule has 3 atom stereocenters. The van der Waals surface area contributed by atoms with Gasteiger partial charge in [-0.15, -0.1) is 0 Å². The van der Waals surface area contributed by atoms with Crippen LogP contribution in [0.3, 0.4) is 0 Å². The third-order valence-electron chi connectivity index (χ3n) is 3.22. The predicted molar refractivity (Wildman–Crippen MR) is 78.0 cm³/mol. The lowest BCUT2D eigenvalue weighted by molar-refractivity contribution is 0.445. The lowest BCUT2D eigenvalue weighted by Crippen LogP contribution is -2.48. The second-order valence-corrected chi connectivity index (χ2v) is 7.05. The maximum Gasteiger partial charge on any atom is 0.0340 e. The van der Waals surface area contributed by atoms with Crippen LogP contribution in [0.2, 0.25) is 0 Å². The SMILES string of the molecule is CCCCCC(NN)C1SCCSC1CC. The van der Waals surface area contributed by atoms with Gasteiger partial charge in [0, 0.05) is 28.0 Å². The highest BCUT2D eigenvalue weighted by Crippen LogP contribution is 2.36. The zero-order valence-electron chi connectivity index (χ0n) is 10.6. The second kappa shape index (κ2) is 8.67. The Hall–Kier alpha value is 0.620. The third-order valence-corrected chi connectivity index (χ3v) is 6.63. The molecule has 1 rings (SSSR count). The van der Waals surface area contributed by atoms with Crippen LogP contribution >= 0.6 is 23.5 Å². The minimum atomic E-state index is 0.509. The molecule has 0 aliphatic carbocycles. The van der Waals surface area contributed by atoms with Gasteiger partial charge in [0.1, 0.15) is 0 Å². The highest BCUT2D eigenvalue weighted by Gasteiger charge is 2.30. The molecule has 1 aliphatic heterocycles. The van der Waals surface area contributed by atoms with Crippen molar-refractivity contribution in [3.05, 3.63) is 0 Å². The van der Waals surface area contributed by atoms with E-state index in [0.29, 0.717) is 11.3 Å². The molecule has 0 bridgehead atoms. The summed E-state index contributed by atoms with van der Waals surface area (Å²) in [4.78, 5) is 0. The van der Waals surface area contributed by atoms with Crippen LogP contribution in [0.1, 0.15) is 46.0 Å². The van der Waals surface area contributed by atoms with Crippen LogP contribution in [0.4, 0.5) is 0 Å². The van der Waals surface area contributed by atoms with E-state index in [1.807, 2.05) is 0 Å². The molecule has 3 N–H and O–H groups in total. The van der Waals surface area contributed by atoms with Crippen molar-refractivity contribution in [2.45, 2.75) is 62.5 Å². The summed E-state index contributed by atoms with van der Waals surface area (Å²) in [5, 5.41) is 1.51. The van der Waals surface area contributed by atoms with Gasteiger partial charge in [-0.25, -0.2) is 0 Å². The normalized spacial score (nSPS) is 27.9. The predicted octanol–water partition coefficient (Wildman–Crippen LogP) is 3.03. The van der Waals surface area contributed by atoms with E-state index in [2.05, 4.69) is 42.8 Å². The number of unbranched alkanes of at least 4 members (excludes halogenated alkanes) is 2. The Bertz CT molecular complexity index is 178. The van der Waals surface area contributed by atoms with Gasteiger partial charge >= 0.3 is 0 Å². The molecule has 0 aromatic carbocycles. The summed E-state index contributed by atoms with van der Waals surface area (Å²) in [5.41, 5.74) is 3.06. The summed E-state index contributed by atoms with van der Waals surface area (Å²) in [6.45, 7) is 4.56. The van der Waals surface area contributed by atoms with Crippen molar-refractivity contribution in [3.63, 3.8) is 0 Å². The summed E-state index contributed by atoms with van der Waals surface area (Å²) in [6, 6.07) is 0.509. The fourth-order valence-electron chi connectivity index (χ4n) is 2.27. The molecule has 2 nitrogen and oxygen atoms in total. The molecule has 0 spiro atoms. The van der Waals surface area contributed by atoms with Crippen molar-refractivity contribution in [1.82, 2.24) is 5.43 Å². The van der Waals surface area contributed by atoms with Gasteiger partial charge in [-0.05, 0) is 12.8 Å². The molecule has 3 unspecified atom stereocenters. The van der Waals surface area contributed by atoms with Crippen LogP contribution in [-0.2, 0) is 0 Å². The first-order valence-electron chi connectivity index (χ1n) is 6.52. The fraction of sp³-hybridized carbons (Fsp3) is 1.00. The van der Waals surface area contributed by atoms with Crippen molar-refractivity contribution >= 4 is 23.5 Å². The van der Waals surface area contributed by atoms with Gasteiger partial charge in [0.05, 0.1) is 0 Å². The lowest BCUT2D eigenvalue weighted by Gasteiger charge is -2.35. The van der Waals surface area contributed by atoms with Crippen molar-refractivity contribution in [2.75, 3.05) is 11.5 Å². The summed E-state index contributed by atoms with van der Waals surface area (Å²) in [7, 11) is 0. The molecule has 0 saturated carbocycles. The van der Waals surface area contributed by atoms with Crippen LogP contribution in [0.15, 0.2) is 0 Å². The first-order chi connectivity index (χ1) is 7.83. The first kappa shape index (κ1) is 14.7. The summed E-state index contributed by atoms with van der Waals surface area (Å²) >= 11 is 4.26. The minimum absolute atomic E-state index is 0.509. The van der Waals surface area contributed by atoms with E-state index in [1.54, 1.807) is 0 Å². The molecule has 0 radical (unpaired) electrons. The van der Waals surface area contributed by atoms with Gasteiger partial charge < -0.3 is 0 Å². The quantitative estimate of drug-likeness (QED) is 0.420. The molecule has 16 heavy (non-hydrogen) atoms. The molecule has 1 heterocycles. The Labute approximate surface area is 109 Å². The number of hydrogen-bond donors (Lipinski definition) is 2. The number of nitrogens with one attached hydrogen (secondary N) is 1. The highest BCUT2D eigenvalue weighted by atomic mass is 32.2. The Balaban J connectivity index is 2.41. The van der Waals surface area contributed by atoms with Crippen LogP contribution < -0.4 is 11.3 Å². The standard InChI is InChI=1S/C12H26N2S2/c1-3-5-6-7-10(14-13)12-11(4-2)15-8-9-16-12/h10-12,14H,3-9,13H2,1-2H3. The smallest absolute Gasteiger partial charge is 0.0340 e. The van der Waals surface area contributed by atoms with Crippen molar-refractivity contribution in [1.29, 1.82) is 0 Å². The number of hydrazine groups is 1. The summed E-state index contributed by atoms with van der Waals surface area (Å²) in [5.74, 6) is 8.33. The van der Waals surface area contributed by atoms with E-state index in [-0.39, 0.29) is 0 Å². The number of nitrogens with two attached hydrogens (primary N) is 1. The largest absolute Gasteiger partial charge is 0.271 e. The van der Waals surface area contributed by atoms with Gasteiger partial charge in [0.2, 0.25) is 0 Å². The first-order valence-corrected chi connectivity index (χ1v) is 8.62. The van der Waals surface area contributed by atoms with Crippen molar-refractivity contribution in [3.8, 4) is 0 Å². The van der Waals surface area contributed by atoms with Crippen molar-refractivity contribution in [2.24, 2.45) is 5.84 Å². The maximum atomic E-state index is 5.73. The highest BCUT2D eigenvalue weighted by molar-refractivity contribution is 8.07. The van der Waals surface area contributed by atoms with E-state index < -0.39 is 0 Å². The molecule has 96 valence electrons. The monoisotopic (exact) mass is 262 g/mol. The topological polar surface area (TPSA) is 38.0 Å². The molecular formula is C12H26N2S2. The Morgan fingerprint density at radius 2 is 2.00 bits per heavy atom. The maximum absolute atomic E-state index is 5.73. The van der Waals surface area contributed by atoms with Gasteiger partial charge in [-0.3, -0.25) is 11.3 Å². The summed E-state index contributed by atoms with van der Waals surface area (Å²) in [6.07, 6.45) is 6.44. The van der Waals surface area contributed by atoms with E-state index in [9.17, 15) is 0 Å². The summed E-state index contributed by atoms with van der Waals surface area (Å²) < 4.78 is 0. The molecule has 0 aromatic rings. The van der Waals surface area contributed by atoms with Gasteiger partial charge in [-0.2, -0.15) is 23.5 Å². The fourth-order valence-corrected chi connectivity index (χ4v) is 5.55. The minimum Gasteiger partial charge on any atom is -0.271 e. The molecule has 0 amide bonds. The van der Waals surface area contributed by atoms with Crippen LogP contribution in [0.25, 0.3) is 0 Å². The average molecular weight is 262 g/mol. The van der Waals surface area contributed by atoms with Gasteiger partial charge in [0.25, 0.3) is 0 Å². The lowest BCUT2D eigenvalue weighted by atomic mass is 10.0. The number of hydrogen-bond acceptors (Lipinski definition) is 4. The molecule has 0 aromatic heterocycles. The van der Waals surface area contributed by atoms with Gasteiger partial charge in [-0.1, -0.05) is 33.1 Å². The Morgan fingerprint density at radius 3 is 2.62 bits per heavy atom. The second-order valence-electron chi connectivity index (χ2n) is 4.42. The zero-order valence-corrected chi connectivity index (χ0v) is 12.2. The zero-order chi connectivity index (χ0) is 11.8. The molecular weight excluding hydrogens is 236 g/mol. The number of thioether (sulfide) groups is 2. The van der Waals surface area contributed by atoms with E-state index in [1.165, 1.54) is 43.6 Å². The van der Waals surface area contributed by atoms with E-state index in [0.717, 1.165) is 5.25 Å². The van der Waals surface area contributed by atoms with Crippen LogP contribution in [0.5, 0.6) is 0 Å². The molecule has 4 heteroatoms. The van der Waals surface area contributed by atoms with Crippen LogP contribution in [-0.4, -0.2) is 28.0 Å². The van der Waals surface area contributed by atoms with Gasteiger partial charge in [0.15, 0.2) is 0 Å². The van der Waals surface area contributed by atoms with Crippen molar-refractivity contribution < 1.29 is 0 Å². The molecule has 1 aliphatic rings. The Morgan fingerprint density at radius 1 is 1.25 bits per heavy atom. The molecule has 1 fully saturated rings. The van der Waals surface area contributed by atoms with E-state index >= 15 is 0 Å². The number of rotatable bonds is 7. The van der Waals surface area contributed by atoms with E-state index in [4.69, 9.17) is 5.84 Å². The Kier molecular flexibility index (Phi) is 7.96. The third kappa shape index (κ3) is 4.47. The average Bonchev–Trinajstić information content (AvgIpc) is 2.35.